The first-order valence-electron chi connectivity index (χ1n) is 6.50. The molecule has 4 nitrogen and oxygen atoms in total. The number of rotatable bonds is 3. The molecule has 0 radical (unpaired) electrons. The highest BCUT2D eigenvalue weighted by atomic mass is 35.5. The molecule has 2 N–H and O–H groups in total. The smallest absolute Gasteiger partial charge is 0.280 e. The summed E-state index contributed by atoms with van der Waals surface area (Å²) in [4.78, 5) is 16.6. The van der Waals surface area contributed by atoms with E-state index in [1.165, 1.54) is 23.9 Å². The van der Waals surface area contributed by atoms with Gasteiger partial charge in [0.05, 0.1) is 10.9 Å². The third kappa shape index (κ3) is 3.29. The van der Waals surface area contributed by atoms with Gasteiger partial charge in [0.15, 0.2) is 5.16 Å². The van der Waals surface area contributed by atoms with Crippen LogP contribution in [-0.4, -0.2) is 9.66 Å². The van der Waals surface area contributed by atoms with E-state index in [-0.39, 0.29) is 5.56 Å². The van der Waals surface area contributed by atoms with Gasteiger partial charge >= 0.3 is 0 Å². The van der Waals surface area contributed by atoms with E-state index in [0.717, 1.165) is 10.2 Å². The summed E-state index contributed by atoms with van der Waals surface area (Å²) in [5.41, 5.74) is 0.828. The molecule has 0 fully saturated rings. The fraction of sp³-hybridized carbons (Fsp3) is 0.0667. The van der Waals surface area contributed by atoms with Gasteiger partial charge in [-0.1, -0.05) is 41.0 Å². The van der Waals surface area contributed by atoms with E-state index in [0.29, 0.717) is 31.9 Å². The van der Waals surface area contributed by atoms with E-state index in [1.54, 1.807) is 24.3 Å². The van der Waals surface area contributed by atoms with E-state index in [9.17, 15) is 9.18 Å². The van der Waals surface area contributed by atoms with Crippen LogP contribution in [0.3, 0.4) is 0 Å². The van der Waals surface area contributed by atoms with Gasteiger partial charge < -0.3 is 5.84 Å². The fourth-order valence-corrected chi connectivity index (χ4v) is 3.44. The van der Waals surface area contributed by atoms with Crippen LogP contribution in [0.15, 0.2) is 46.3 Å². The van der Waals surface area contributed by atoms with E-state index >= 15 is 0 Å². The highest BCUT2D eigenvalue weighted by Crippen LogP contribution is 2.26. The fourth-order valence-electron chi connectivity index (χ4n) is 2.03. The molecule has 1 aromatic heterocycles. The topological polar surface area (TPSA) is 60.9 Å². The van der Waals surface area contributed by atoms with Crippen LogP contribution in [0.4, 0.5) is 4.39 Å². The van der Waals surface area contributed by atoms with Gasteiger partial charge in [0, 0.05) is 15.8 Å². The van der Waals surface area contributed by atoms with Crippen LogP contribution in [-0.2, 0) is 5.75 Å². The van der Waals surface area contributed by atoms with Crippen LogP contribution in [0, 0.1) is 5.82 Å². The standard InChI is InChI=1S/C15H10Cl2FN3OS/c16-9-2-4-11-13(5-9)20-15(21(19)14(11)22)23-7-8-1-3-10(18)6-12(8)17/h1-6H,7,19H2. The van der Waals surface area contributed by atoms with Gasteiger partial charge in [-0.25, -0.2) is 14.1 Å². The molecule has 1 heterocycles. The molecule has 0 saturated carbocycles. The molecule has 23 heavy (non-hydrogen) atoms. The first-order chi connectivity index (χ1) is 11.0. The van der Waals surface area contributed by atoms with Crippen molar-refractivity contribution in [3.8, 4) is 0 Å². The largest absolute Gasteiger partial charge is 0.334 e. The Balaban J connectivity index is 1.96. The minimum absolute atomic E-state index is 0.312. The van der Waals surface area contributed by atoms with Gasteiger partial charge in [0.25, 0.3) is 5.56 Å². The molecule has 0 spiro atoms. The molecule has 8 heteroatoms. The van der Waals surface area contributed by atoms with Crippen molar-refractivity contribution in [2.45, 2.75) is 10.9 Å². The molecule has 0 aliphatic rings. The quantitative estimate of drug-likeness (QED) is 0.432. The molecule has 0 saturated heterocycles. The Morgan fingerprint density at radius 1 is 1.22 bits per heavy atom. The molecule has 2 aromatic carbocycles. The van der Waals surface area contributed by atoms with Crippen LogP contribution in [0.5, 0.6) is 0 Å². The maximum atomic E-state index is 13.1. The first kappa shape index (κ1) is 16.1. The zero-order valence-electron chi connectivity index (χ0n) is 11.6. The lowest BCUT2D eigenvalue weighted by Gasteiger charge is -2.09. The highest BCUT2D eigenvalue weighted by Gasteiger charge is 2.11. The zero-order valence-corrected chi connectivity index (χ0v) is 13.9. The van der Waals surface area contributed by atoms with Crippen LogP contribution in [0.2, 0.25) is 10.0 Å². The summed E-state index contributed by atoms with van der Waals surface area (Å²) >= 11 is 13.2. The van der Waals surface area contributed by atoms with E-state index in [2.05, 4.69) is 4.98 Å². The molecule has 0 amide bonds. The molecule has 0 aliphatic heterocycles. The second-order valence-electron chi connectivity index (χ2n) is 4.76. The number of nitrogen functional groups attached to an aromatic ring is 1. The number of aromatic nitrogens is 2. The Morgan fingerprint density at radius 2 is 2.00 bits per heavy atom. The first-order valence-corrected chi connectivity index (χ1v) is 8.24. The van der Waals surface area contributed by atoms with Crippen molar-refractivity contribution < 1.29 is 4.39 Å². The molecule has 0 aliphatic carbocycles. The summed E-state index contributed by atoms with van der Waals surface area (Å²) in [5.74, 6) is 5.80. The van der Waals surface area contributed by atoms with Gasteiger partial charge in [0.1, 0.15) is 5.82 Å². The lowest BCUT2D eigenvalue weighted by atomic mass is 10.2. The van der Waals surface area contributed by atoms with Gasteiger partial charge in [-0.3, -0.25) is 4.79 Å². The van der Waals surface area contributed by atoms with E-state index in [4.69, 9.17) is 29.0 Å². The van der Waals surface area contributed by atoms with Crippen molar-refractivity contribution in [1.29, 1.82) is 0 Å². The Hall–Kier alpha value is -1.76. The summed E-state index contributed by atoms with van der Waals surface area (Å²) in [6.45, 7) is 0. The zero-order chi connectivity index (χ0) is 16.6. The van der Waals surface area contributed by atoms with Crippen molar-refractivity contribution in [1.82, 2.24) is 9.66 Å². The third-order valence-corrected chi connectivity index (χ3v) is 4.79. The molecule has 0 bridgehead atoms. The number of halogens is 3. The second kappa shape index (κ2) is 6.39. The highest BCUT2D eigenvalue weighted by molar-refractivity contribution is 7.98. The lowest BCUT2D eigenvalue weighted by Crippen LogP contribution is -2.29. The van der Waals surface area contributed by atoms with Crippen molar-refractivity contribution in [3.63, 3.8) is 0 Å². The summed E-state index contributed by atoms with van der Waals surface area (Å²) in [7, 11) is 0. The Labute approximate surface area is 145 Å². The number of hydrogen-bond donors (Lipinski definition) is 1. The maximum absolute atomic E-state index is 13.1. The van der Waals surface area contributed by atoms with Crippen LogP contribution < -0.4 is 11.4 Å². The molecule has 118 valence electrons. The molecular weight excluding hydrogens is 360 g/mol. The number of thioether (sulfide) groups is 1. The number of nitrogens with zero attached hydrogens (tertiary/aromatic N) is 2. The number of nitrogens with two attached hydrogens (primary N) is 1. The maximum Gasteiger partial charge on any atom is 0.280 e. The molecule has 0 unspecified atom stereocenters. The minimum Gasteiger partial charge on any atom is -0.334 e. The van der Waals surface area contributed by atoms with Crippen LogP contribution >= 0.6 is 35.0 Å². The number of benzene rings is 2. The molecule has 3 aromatic rings. The van der Waals surface area contributed by atoms with E-state index in [1.807, 2.05) is 0 Å². The Morgan fingerprint density at radius 3 is 2.74 bits per heavy atom. The van der Waals surface area contributed by atoms with Gasteiger partial charge in [-0.2, -0.15) is 0 Å². The van der Waals surface area contributed by atoms with Crippen molar-refractivity contribution >= 4 is 45.9 Å². The predicted octanol–water partition coefficient (Wildman–Crippen LogP) is 3.85. The minimum atomic E-state index is -0.405. The van der Waals surface area contributed by atoms with Crippen LogP contribution in [0.1, 0.15) is 5.56 Å². The van der Waals surface area contributed by atoms with Crippen molar-refractivity contribution in [2.75, 3.05) is 5.84 Å². The summed E-state index contributed by atoms with van der Waals surface area (Å²) in [6, 6.07) is 8.94. The third-order valence-electron chi connectivity index (χ3n) is 3.20. The molecule has 0 atom stereocenters. The molecule has 3 rings (SSSR count). The Bertz CT molecular complexity index is 961. The van der Waals surface area contributed by atoms with Gasteiger partial charge in [-0.15, -0.1) is 0 Å². The monoisotopic (exact) mass is 369 g/mol. The average molecular weight is 370 g/mol. The Kier molecular flexibility index (Phi) is 4.48. The van der Waals surface area contributed by atoms with Crippen LogP contribution in [0.25, 0.3) is 10.9 Å². The normalized spacial score (nSPS) is 11.1. The summed E-state index contributed by atoms with van der Waals surface area (Å²) in [5, 5.41) is 1.51. The predicted molar refractivity (Wildman–Crippen MR) is 92.1 cm³/mol. The number of hydrogen-bond acceptors (Lipinski definition) is 4. The van der Waals surface area contributed by atoms with E-state index < -0.39 is 5.82 Å². The van der Waals surface area contributed by atoms with Gasteiger partial charge in [-0.05, 0) is 35.9 Å². The second-order valence-corrected chi connectivity index (χ2v) is 6.54. The lowest BCUT2D eigenvalue weighted by molar-refractivity contribution is 0.627. The van der Waals surface area contributed by atoms with Gasteiger partial charge in [0.2, 0.25) is 0 Å². The van der Waals surface area contributed by atoms with Crippen molar-refractivity contribution in [3.05, 3.63) is 68.2 Å². The summed E-state index contributed by atoms with van der Waals surface area (Å²) in [6.07, 6.45) is 0. The summed E-state index contributed by atoms with van der Waals surface area (Å²) < 4.78 is 14.0. The SMILES string of the molecule is Nn1c(SCc2ccc(F)cc2Cl)nc2cc(Cl)ccc2c1=O. The molecular formula is C15H10Cl2FN3OS. The van der Waals surface area contributed by atoms with Crippen molar-refractivity contribution in [2.24, 2.45) is 0 Å². The average Bonchev–Trinajstić information content (AvgIpc) is 2.50. The number of fused-ring (bicyclic) bond motifs is 1.